The number of carbonyl (C=O) groups is 1. The number of ether oxygens (including phenoxy) is 1. The molecule has 0 radical (unpaired) electrons. The van der Waals surface area contributed by atoms with Gasteiger partial charge in [0.2, 0.25) is 0 Å². The molecule has 2 saturated heterocycles. The quantitative estimate of drug-likeness (QED) is 0.183. The van der Waals surface area contributed by atoms with Gasteiger partial charge in [-0.25, -0.2) is 4.98 Å². The molecular weight excluding hydrogens is 703 g/mol. The molecule has 1 aromatic heterocycles. The van der Waals surface area contributed by atoms with Gasteiger partial charge in [0.15, 0.2) is 6.04 Å². The topological polar surface area (TPSA) is 57.7 Å². The minimum absolute atomic E-state index is 0.0288. The van der Waals surface area contributed by atoms with E-state index in [2.05, 4.69) is 14.6 Å². The first kappa shape index (κ1) is 37.4. The first-order chi connectivity index (χ1) is 24.6. The van der Waals surface area contributed by atoms with Crippen LogP contribution in [0.2, 0.25) is 0 Å². The monoisotopic (exact) mass is 738 g/mol. The van der Waals surface area contributed by atoms with Gasteiger partial charge in [-0.1, -0.05) is 48.9 Å². The van der Waals surface area contributed by atoms with Gasteiger partial charge in [-0.05, 0) is 87.8 Å². The van der Waals surface area contributed by atoms with Gasteiger partial charge in [-0.15, -0.1) is 13.2 Å². The maximum atomic E-state index is 14.5. The van der Waals surface area contributed by atoms with Gasteiger partial charge in [0, 0.05) is 29.1 Å². The second-order valence-electron chi connectivity index (χ2n) is 13.1. The maximum Gasteiger partial charge on any atom is 0.573 e. The van der Waals surface area contributed by atoms with Crippen LogP contribution in [-0.2, 0) is 12.7 Å². The summed E-state index contributed by atoms with van der Waals surface area (Å²) in [6, 6.07) is 11.3. The number of hydrogen-bond donors (Lipinski definition) is 1. The molecule has 0 bridgehead atoms. The van der Waals surface area contributed by atoms with E-state index in [1.165, 1.54) is 36.4 Å². The Morgan fingerprint density at radius 1 is 0.827 bits per heavy atom. The van der Waals surface area contributed by atoms with Crippen LogP contribution in [0, 0.1) is 0 Å². The zero-order chi connectivity index (χ0) is 37.3. The van der Waals surface area contributed by atoms with Gasteiger partial charge in [0.25, 0.3) is 5.91 Å². The number of nitrogens with one attached hydrogen (secondary N) is 1. The zero-order valence-corrected chi connectivity index (χ0v) is 27.7. The van der Waals surface area contributed by atoms with Crippen LogP contribution in [0.25, 0.3) is 22.2 Å². The van der Waals surface area contributed by atoms with Crippen LogP contribution >= 0.6 is 0 Å². The summed E-state index contributed by atoms with van der Waals surface area (Å²) in [5, 5.41) is 1.77. The van der Waals surface area contributed by atoms with Crippen LogP contribution in [-0.4, -0.2) is 65.5 Å². The molecule has 4 aromatic rings. The van der Waals surface area contributed by atoms with Crippen molar-refractivity contribution in [3.63, 3.8) is 0 Å². The third-order valence-corrected chi connectivity index (χ3v) is 9.56. The SMILES string of the molecule is O=C(N[C@H](c1ccccc1)C(F)(F)F)c1c(CN2CCC(N3CCCCC3)CC2)c(-c2cccc(C(F)(F)F)c2)nc2ccc(OC(F)(F)F)cc12. The number of piperidine rings is 2. The lowest BCUT2D eigenvalue weighted by atomic mass is 9.93. The number of halogens is 9. The lowest BCUT2D eigenvalue weighted by Crippen LogP contribution is -2.46. The summed E-state index contributed by atoms with van der Waals surface area (Å²) in [7, 11) is 0. The third kappa shape index (κ3) is 8.80. The standard InChI is InChI=1S/C37H35F9N4O2/c38-35(39,40)25-11-7-10-24(20-25)32-29(22-49-18-14-26(15-19-49)50-16-5-2-6-17-50)31(28-21-27(52-37(44,45)46)12-13-30(28)47-32)34(51)48-33(36(41,42)43)23-8-3-1-4-9-23/h1,3-4,7-13,20-21,26,33H,2,5-6,14-19,22H2,(H,48,51)/t33-/m1/s1. The predicted octanol–water partition coefficient (Wildman–Crippen LogP) is 9.30. The summed E-state index contributed by atoms with van der Waals surface area (Å²) in [5.74, 6) is -2.06. The molecule has 6 rings (SSSR count). The van der Waals surface area contributed by atoms with Crippen molar-refractivity contribution in [2.45, 2.75) is 69.4 Å². The van der Waals surface area contributed by atoms with E-state index >= 15 is 0 Å². The second kappa shape index (κ2) is 14.9. The van der Waals surface area contributed by atoms with Crippen LogP contribution in [0.3, 0.4) is 0 Å². The van der Waals surface area contributed by atoms with Crippen molar-refractivity contribution in [2.24, 2.45) is 0 Å². The minimum Gasteiger partial charge on any atom is -0.406 e. The summed E-state index contributed by atoms with van der Waals surface area (Å²) < 4.78 is 129. The molecule has 52 heavy (non-hydrogen) atoms. The molecule has 0 aliphatic carbocycles. The van der Waals surface area contributed by atoms with E-state index in [4.69, 9.17) is 0 Å². The first-order valence-electron chi connectivity index (χ1n) is 16.9. The summed E-state index contributed by atoms with van der Waals surface area (Å²) in [5.41, 5.74) is -2.14. The Morgan fingerprint density at radius 2 is 1.52 bits per heavy atom. The number of benzene rings is 3. The normalized spacial score (nSPS) is 17.6. The van der Waals surface area contributed by atoms with E-state index in [0.717, 1.165) is 81.6 Å². The van der Waals surface area contributed by atoms with Crippen molar-refractivity contribution in [1.82, 2.24) is 20.1 Å². The number of amides is 1. The van der Waals surface area contributed by atoms with Crippen molar-refractivity contribution in [2.75, 3.05) is 26.2 Å². The van der Waals surface area contributed by atoms with Gasteiger partial charge in [0.05, 0.1) is 22.3 Å². The molecule has 2 aliphatic rings. The highest BCUT2D eigenvalue weighted by Crippen LogP contribution is 2.39. The Hall–Kier alpha value is -4.37. The lowest BCUT2D eigenvalue weighted by molar-refractivity contribution is -0.274. The molecule has 1 N–H and O–H groups in total. The second-order valence-corrected chi connectivity index (χ2v) is 13.1. The number of alkyl halides is 9. The maximum absolute atomic E-state index is 14.5. The fraction of sp³-hybridized carbons (Fsp3) is 0.405. The summed E-state index contributed by atoms with van der Waals surface area (Å²) in [6.07, 6.45) is -10.1. The number of likely N-dealkylation sites (tertiary alicyclic amines) is 2. The Kier molecular flexibility index (Phi) is 10.7. The van der Waals surface area contributed by atoms with Crippen molar-refractivity contribution in [3.8, 4) is 17.0 Å². The molecule has 0 saturated carbocycles. The highest BCUT2D eigenvalue weighted by molar-refractivity contribution is 6.09. The minimum atomic E-state index is -5.14. The average Bonchev–Trinajstić information content (AvgIpc) is 3.10. The highest BCUT2D eigenvalue weighted by atomic mass is 19.4. The zero-order valence-electron chi connectivity index (χ0n) is 27.7. The average molecular weight is 739 g/mol. The Bertz CT molecular complexity index is 1870. The molecule has 6 nitrogen and oxygen atoms in total. The van der Waals surface area contributed by atoms with Crippen LogP contribution in [0.1, 0.15) is 65.2 Å². The number of rotatable bonds is 8. The number of hydrogen-bond acceptors (Lipinski definition) is 5. The number of carbonyl (C=O) groups excluding carboxylic acids is 1. The Morgan fingerprint density at radius 3 is 2.15 bits per heavy atom. The van der Waals surface area contributed by atoms with Gasteiger partial charge >= 0.3 is 18.7 Å². The van der Waals surface area contributed by atoms with Crippen molar-refractivity contribution in [3.05, 3.63) is 95.1 Å². The molecule has 1 atom stereocenters. The molecule has 1 amide bonds. The number of nitrogens with zero attached hydrogens (tertiary/aromatic N) is 3. The van der Waals surface area contributed by atoms with Crippen LogP contribution in [0.4, 0.5) is 39.5 Å². The van der Waals surface area contributed by atoms with Crippen LogP contribution < -0.4 is 10.1 Å². The van der Waals surface area contributed by atoms with E-state index in [9.17, 15) is 44.3 Å². The molecule has 3 heterocycles. The van der Waals surface area contributed by atoms with Gasteiger partial charge < -0.3 is 15.0 Å². The molecule has 0 unspecified atom stereocenters. The molecule has 278 valence electrons. The molecular formula is C37H35F9N4O2. The fourth-order valence-corrected chi connectivity index (χ4v) is 7.13. The summed E-state index contributed by atoms with van der Waals surface area (Å²) in [4.78, 5) is 23.2. The molecule has 2 fully saturated rings. The smallest absolute Gasteiger partial charge is 0.406 e. The van der Waals surface area contributed by atoms with E-state index in [-0.39, 0.29) is 45.9 Å². The summed E-state index contributed by atoms with van der Waals surface area (Å²) >= 11 is 0. The van der Waals surface area contributed by atoms with Crippen molar-refractivity contribution in [1.29, 1.82) is 0 Å². The fourth-order valence-electron chi connectivity index (χ4n) is 7.13. The van der Waals surface area contributed by atoms with Crippen LogP contribution in [0.5, 0.6) is 5.75 Å². The van der Waals surface area contributed by atoms with Gasteiger partial charge in [0.1, 0.15) is 5.75 Å². The third-order valence-electron chi connectivity index (χ3n) is 9.56. The predicted molar refractivity (Wildman–Crippen MR) is 175 cm³/mol. The number of fused-ring (bicyclic) bond motifs is 1. The molecule has 0 spiro atoms. The van der Waals surface area contributed by atoms with E-state index in [1.807, 2.05) is 10.2 Å². The van der Waals surface area contributed by atoms with Crippen molar-refractivity contribution >= 4 is 16.8 Å². The van der Waals surface area contributed by atoms with Gasteiger partial charge in [-0.2, -0.15) is 26.3 Å². The number of aromatic nitrogens is 1. The largest absolute Gasteiger partial charge is 0.573 e. The van der Waals surface area contributed by atoms with E-state index in [1.54, 1.807) is 0 Å². The Labute approximate surface area is 293 Å². The van der Waals surface area contributed by atoms with Gasteiger partial charge in [-0.3, -0.25) is 9.69 Å². The lowest BCUT2D eigenvalue weighted by Gasteiger charge is -2.40. The van der Waals surface area contributed by atoms with E-state index in [0.29, 0.717) is 13.1 Å². The van der Waals surface area contributed by atoms with E-state index < -0.39 is 47.5 Å². The van der Waals surface area contributed by atoms with Crippen molar-refractivity contribution < 1.29 is 49.0 Å². The first-order valence-corrected chi connectivity index (χ1v) is 16.9. The number of pyridine rings is 1. The summed E-state index contributed by atoms with van der Waals surface area (Å²) in [6.45, 7) is 2.79. The molecule has 15 heteroatoms. The highest BCUT2D eigenvalue weighted by Gasteiger charge is 2.43. The Balaban J connectivity index is 1.51. The molecule has 2 aliphatic heterocycles. The van der Waals surface area contributed by atoms with Crippen LogP contribution in [0.15, 0.2) is 72.8 Å². The molecule has 3 aromatic carbocycles.